The van der Waals surface area contributed by atoms with Crippen LogP contribution < -0.4 is 10.2 Å². The molecule has 6 nitrogen and oxygen atoms in total. The number of benzene rings is 1. The first-order valence-corrected chi connectivity index (χ1v) is 11.0. The van der Waals surface area contributed by atoms with E-state index in [0.717, 1.165) is 57.3 Å². The average Bonchev–Trinajstić information content (AvgIpc) is 3.20. The summed E-state index contributed by atoms with van der Waals surface area (Å²) in [5.41, 5.74) is 0.837. The minimum Gasteiger partial charge on any atom is -0.384 e. The minimum atomic E-state index is -4.37. The van der Waals surface area contributed by atoms with Gasteiger partial charge in [-0.25, -0.2) is 4.99 Å². The molecule has 2 fully saturated rings. The summed E-state index contributed by atoms with van der Waals surface area (Å²) in [6.45, 7) is 8.70. The highest BCUT2D eigenvalue weighted by Crippen LogP contribution is 2.33. The zero-order valence-corrected chi connectivity index (χ0v) is 21.5. The van der Waals surface area contributed by atoms with Gasteiger partial charge in [0, 0.05) is 64.5 Å². The van der Waals surface area contributed by atoms with Crippen molar-refractivity contribution in [3.63, 3.8) is 0 Å². The second kappa shape index (κ2) is 12.3. The van der Waals surface area contributed by atoms with Gasteiger partial charge in [-0.1, -0.05) is 0 Å². The maximum absolute atomic E-state index is 13.4. The molecule has 1 aromatic rings. The quantitative estimate of drug-likeness (QED) is 0.323. The Labute approximate surface area is 206 Å². The molecule has 1 atom stereocenters. The number of guanidine groups is 1. The van der Waals surface area contributed by atoms with Crippen LogP contribution >= 0.6 is 24.0 Å². The molecule has 0 bridgehead atoms. The highest BCUT2D eigenvalue weighted by atomic mass is 127. The SMILES string of the molecule is CCNC(=NCc1cc(C(F)(F)F)ccc1N1CCN(C)CC1)N1CCC(COC)C1.I. The molecule has 2 heterocycles. The van der Waals surface area contributed by atoms with Crippen LogP contribution in [-0.4, -0.2) is 82.3 Å². The zero-order valence-electron chi connectivity index (χ0n) is 19.1. The maximum Gasteiger partial charge on any atom is 0.416 e. The van der Waals surface area contributed by atoms with Crippen molar-refractivity contribution in [1.29, 1.82) is 0 Å². The van der Waals surface area contributed by atoms with Crippen molar-refractivity contribution in [2.45, 2.75) is 26.1 Å². The van der Waals surface area contributed by atoms with Gasteiger partial charge in [-0.2, -0.15) is 13.2 Å². The van der Waals surface area contributed by atoms with Gasteiger partial charge >= 0.3 is 6.18 Å². The molecule has 32 heavy (non-hydrogen) atoms. The number of nitrogens with one attached hydrogen (secondary N) is 1. The number of rotatable bonds is 6. The summed E-state index contributed by atoms with van der Waals surface area (Å²) in [4.78, 5) is 11.3. The number of ether oxygens (including phenoxy) is 1. The Kier molecular flexibility index (Phi) is 10.3. The van der Waals surface area contributed by atoms with E-state index < -0.39 is 11.7 Å². The Bertz CT molecular complexity index is 754. The van der Waals surface area contributed by atoms with Crippen molar-refractivity contribution >= 4 is 35.6 Å². The molecule has 3 rings (SSSR count). The summed E-state index contributed by atoms with van der Waals surface area (Å²) in [6.07, 6.45) is -3.35. The molecular formula is C22H35F3IN5O. The lowest BCUT2D eigenvalue weighted by Gasteiger charge is -2.35. The van der Waals surface area contributed by atoms with Crippen molar-refractivity contribution in [2.75, 3.05) is 71.5 Å². The van der Waals surface area contributed by atoms with Gasteiger partial charge < -0.3 is 24.8 Å². The van der Waals surface area contributed by atoms with Crippen LogP contribution in [0.5, 0.6) is 0 Å². The standard InChI is InChI=1S/C22H34F3N5O.HI/c1-4-26-21(30-8-7-17(15-30)16-31-3)27-14-18-13-19(22(23,24)25)5-6-20(18)29-11-9-28(2)10-12-29;/h5-6,13,17H,4,7-12,14-16H2,1-3H3,(H,26,27);1H. The lowest BCUT2D eigenvalue weighted by Crippen LogP contribution is -2.44. The highest BCUT2D eigenvalue weighted by molar-refractivity contribution is 14.0. The number of likely N-dealkylation sites (N-methyl/N-ethyl adjacent to an activating group) is 1. The van der Waals surface area contributed by atoms with Crippen LogP contribution in [0.3, 0.4) is 0 Å². The number of alkyl halides is 3. The number of hydrogen-bond donors (Lipinski definition) is 1. The summed E-state index contributed by atoms with van der Waals surface area (Å²) in [5, 5.41) is 3.30. The largest absolute Gasteiger partial charge is 0.416 e. The van der Waals surface area contributed by atoms with Crippen LogP contribution in [0.4, 0.5) is 18.9 Å². The molecule has 2 aliphatic heterocycles. The fraction of sp³-hybridized carbons (Fsp3) is 0.682. The second-order valence-corrected chi connectivity index (χ2v) is 8.36. The van der Waals surface area contributed by atoms with Crippen LogP contribution in [0, 0.1) is 5.92 Å². The molecule has 1 unspecified atom stereocenters. The molecule has 0 aromatic heterocycles. The number of methoxy groups -OCH3 is 1. The molecule has 2 aliphatic rings. The van der Waals surface area contributed by atoms with Gasteiger partial charge in [0.05, 0.1) is 18.7 Å². The van der Waals surface area contributed by atoms with Gasteiger partial charge in [0.25, 0.3) is 0 Å². The second-order valence-electron chi connectivity index (χ2n) is 8.36. The van der Waals surface area contributed by atoms with Crippen molar-refractivity contribution in [1.82, 2.24) is 15.1 Å². The van der Waals surface area contributed by atoms with Crippen molar-refractivity contribution in [2.24, 2.45) is 10.9 Å². The number of hydrogen-bond acceptors (Lipinski definition) is 4. The fourth-order valence-corrected chi connectivity index (χ4v) is 4.23. The van der Waals surface area contributed by atoms with Gasteiger partial charge in [-0.15, -0.1) is 24.0 Å². The Morgan fingerprint density at radius 3 is 2.53 bits per heavy atom. The van der Waals surface area contributed by atoms with E-state index in [-0.39, 0.29) is 30.5 Å². The maximum atomic E-state index is 13.4. The van der Waals surface area contributed by atoms with Gasteiger partial charge in [-0.3, -0.25) is 0 Å². The zero-order chi connectivity index (χ0) is 22.4. The molecule has 1 N–H and O–H groups in total. The predicted octanol–water partition coefficient (Wildman–Crippen LogP) is 3.51. The van der Waals surface area contributed by atoms with E-state index >= 15 is 0 Å². The number of nitrogens with zero attached hydrogens (tertiary/aromatic N) is 4. The Morgan fingerprint density at radius 1 is 1.19 bits per heavy atom. The van der Waals surface area contributed by atoms with Gasteiger partial charge in [0.2, 0.25) is 0 Å². The topological polar surface area (TPSA) is 43.3 Å². The first-order valence-electron chi connectivity index (χ1n) is 11.0. The molecule has 0 saturated carbocycles. The third kappa shape index (κ3) is 7.11. The number of piperazine rings is 1. The van der Waals surface area contributed by atoms with Gasteiger partial charge in [-0.05, 0) is 44.2 Å². The molecule has 10 heteroatoms. The summed E-state index contributed by atoms with van der Waals surface area (Å²) in [7, 11) is 3.76. The molecule has 2 saturated heterocycles. The number of halogens is 4. The van der Waals surface area contributed by atoms with E-state index in [4.69, 9.17) is 9.73 Å². The Hall–Kier alpha value is -1.27. The van der Waals surface area contributed by atoms with Crippen LogP contribution in [0.1, 0.15) is 24.5 Å². The lowest BCUT2D eigenvalue weighted by molar-refractivity contribution is -0.137. The highest BCUT2D eigenvalue weighted by Gasteiger charge is 2.32. The molecule has 0 radical (unpaired) electrons. The van der Waals surface area contributed by atoms with E-state index in [1.807, 2.05) is 6.92 Å². The van der Waals surface area contributed by atoms with Gasteiger partial charge in [0.1, 0.15) is 0 Å². The average molecular weight is 569 g/mol. The number of aliphatic imine (C=N–C) groups is 1. The normalized spacial score (nSPS) is 20.4. The molecular weight excluding hydrogens is 534 g/mol. The Morgan fingerprint density at radius 2 is 1.91 bits per heavy atom. The first kappa shape index (κ1) is 27.0. The van der Waals surface area contributed by atoms with Crippen LogP contribution in [0.25, 0.3) is 0 Å². The van der Waals surface area contributed by atoms with Crippen LogP contribution in [0.15, 0.2) is 23.2 Å². The molecule has 0 aliphatic carbocycles. The smallest absolute Gasteiger partial charge is 0.384 e. The van der Waals surface area contributed by atoms with Crippen molar-refractivity contribution < 1.29 is 17.9 Å². The van der Waals surface area contributed by atoms with E-state index in [1.54, 1.807) is 13.2 Å². The van der Waals surface area contributed by atoms with E-state index in [2.05, 4.69) is 27.1 Å². The minimum absolute atomic E-state index is 0. The fourth-order valence-electron chi connectivity index (χ4n) is 4.23. The summed E-state index contributed by atoms with van der Waals surface area (Å²) in [5.74, 6) is 1.20. The third-order valence-corrected chi connectivity index (χ3v) is 5.97. The number of anilines is 1. The molecule has 1 aromatic carbocycles. The Balaban J connectivity index is 0.00000363. The first-order chi connectivity index (χ1) is 14.8. The summed E-state index contributed by atoms with van der Waals surface area (Å²) >= 11 is 0. The van der Waals surface area contributed by atoms with Crippen LogP contribution in [-0.2, 0) is 17.5 Å². The third-order valence-electron chi connectivity index (χ3n) is 5.97. The van der Waals surface area contributed by atoms with Gasteiger partial charge in [0.15, 0.2) is 5.96 Å². The molecule has 182 valence electrons. The number of likely N-dealkylation sites (tertiary alicyclic amines) is 1. The van der Waals surface area contributed by atoms with E-state index in [0.29, 0.717) is 24.6 Å². The monoisotopic (exact) mass is 569 g/mol. The van der Waals surface area contributed by atoms with E-state index in [1.165, 1.54) is 12.1 Å². The predicted molar refractivity (Wildman–Crippen MR) is 133 cm³/mol. The summed E-state index contributed by atoms with van der Waals surface area (Å²) < 4.78 is 45.4. The van der Waals surface area contributed by atoms with Crippen molar-refractivity contribution in [3.05, 3.63) is 29.3 Å². The van der Waals surface area contributed by atoms with Crippen LogP contribution in [0.2, 0.25) is 0 Å². The lowest BCUT2D eigenvalue weighted by atomic mass is 10.1. The van der Waals surface area contributed by atoms with Crippen molar-refractivity contribution in [3.8, 4) is 0 Å². The molecule has 0 amide bonds. The summed E-state index contributed by atoms with van der Waals surface area (Å²) in [6, 6.07) is 4.05. The molecule has 0 spiro atoms. The van der Waals surface area contributed by atoms with E-state index in [9.17, 15) is 13.2 Å².